The number of pyridine rings is 1. The van der Waals surface area contributed by atoms with Crippen LogP contribution in [0.15, 0.2) is 60.1 Å². The van der Waals surface area contributed by atoms with E-state index in [9.17, 15) is 14.7 Å². The Morgan fingerprint density at radius 1 is 1.07 bits per heavy atom. The minimum Gasteiger partial charge on any atom is -0.503 e. The molecule has 0 aliphatic carbocycles. The normalized spacial score (nSPS) is 16.6. The van der Waals surface area contributed by atoms with Gasteiger partial charge in [-0.2, -0.15) is 0 Å². The molecule has 6 nitrogen and oxygen atoms in total. The van der Waals surface area contributed by atoms with Crippen LogP contribution in [0.2, 0.25) is 0 Å². The minimum atomic E-state index is -0.748. The summed E-state index contributed by atoms with van der Waals surface area (Å²) in [5, 5.41) is 11.5. The summed E-state index contributed by atoms with van der Waals surface area (Å²) in [7, 11) is 0. The van der Waals surface area contributed by atoms with Crippen molar-refractivity contribution in [1.82, 2.24) is 9.97 Å². The Morgan fingerprint density at radius 3 is 2.31 bits per heavy atom. The molecule has 1 aliphatic rings. The number of hydrogen-bond donors (Lipinski definition) is 1. The Bertz CT molecular complexity index is 1130. The second-order valence-corrected chi connectivity index (χ2v) is 8.14. The van der Waals surface area contributed by atoms with Gasteiger partial charge >= 0.3 is 0 Å². The van der Waals surface area contributed by atoms with Gasteiger partial charge in [-0.25, -0.2) is 4.98 Å². The monoisotopic (exact) mass is 405 g/mol. The molecule has 1 amide bonds. The van der Waals surface area contributed by atoms with Crippen LogP contribution < -0.4 is 4.90 Å². The van der Waals surface area contributed by atoms with Crippen LogP contribution in [0.1, 0.15) is 37.5 Å². The zero-order valence-electron chi connectivity index (χ0n) is 16.2. The molecule has 0 bridgehead atoms. The van der Waals surface area contributed by atoms with E-state index >= 15 is 0 Å². The number of rotatable bonds is 4. The van der Waals surface area contributed by atoms with Gasteiger partial charge in [-0.05, 0) is 50.6 Å². The molecular formula is C22H19N3O3S. The number of Topliss-reactive ketones (excluding diaryl/α,β-unsaturated/α-hetero) is 1. The summed E-state index contributed by atoms with van der Waals surface area (Å²) in [6.45, 7) is 5.53. The first-order chi connectivity index (χ1) is 13.9. The third-order valence-corrected chi connectivity index (χ3v) is 5.97. The van der Waals surface area contributed by atoms with Gasteiger partial charge in [0, 0.05) is 18.1 Å². The Morgan fingerprint density at radius 2 is 1.72 bits per heavy atom. The molecule has 3 heterocycles. The first kappa shape index (κ1) is 19.0. The highest BCUT2D eigenvalue weighted by Crippen LogP contribution is 2.42. The van der Waals surface area contributed by atoms with Gasteiger partial charge in [0.15, 0.2) is 5.76 Å². The largest absolute Gasteiger partial charge is 0.503 e. The number of thiazole rings is 1. The Labute approximate surface area is 172 Å². The lowest BCUT2D eigenvalue weighted by Gasteiger charge is -2.26. The zero-order chi connectivity index (χ0) is 20.7. The molecule has 3 aromatic rings. The maximum Gasteiger partial charge on any atom is 0.294 e. The second kappa shape index (κ2) is 7.25. The highest BCUT2D eigenvalue weighted by molar-refractivity contribution is 7.14. The molecule has 1 aliphatic heterocycles. The van der Waals surface area contributed by atoms with Gasteiger partial charge in [-0.1, -0.05) is 17.7 Å². The van der Waals surface area contributed by atoms with Gasteiger partial charge in [0.25, 0.3) is 5.91 Å². The van der Waals surface area contributed by atoms with Crippen molar-refractivity contribution in [2.75, 3.05) is 4.90 Å². The number of aromatic nitrogens is 2. The number of nitrogens with zero attached hydrogens (tertiary/aromatic N) is 3. The Balaban J connectivity index is 1.88. The highest BCUT2D eigenvalue weighted by atomic mass is 32.1. The maximum atomic E-state index is 13.4. The van der Waals surface area contributed by atoms with E-state index in [1.807, 2.05) is 38.1 Å². The van der Waals surface area contributed by atoms with E-state index in [2.05, 4.69) is 9.97 Å². The van der Waals surface area contributed by atoms with E-state index in [0.717, 1.165) is 10.6 Å². The number of aliphatic hydroxyl groups is 1. The molecule has 1 atom stereocenters. The number of anilines is 1. The van der Waals surface area contributed by atoms with E-state index in [4.69, 9.17) is 0 Å². The zero-order valence-corrected chi connectivity index (χ0v) is 17.0. The first-order valence-electron chi connectivity index (χ1n) is 9.10. The van der Waals surface area contributed by atoms with Gasteiger partial charge in [0.05, 0.1) is 27.2 Å². The van der Waals surface area contributed by atoms with Crippen LogP contribution in [-0.4, -0.2) is 26.8 Å². The quantitative estimate of drug-likeness (QED) is 0.656. The summed E-state index contributed by atoms with van der Waals surface area (Å²) in [6.07, 6.45) is 3.21. The van der Waals surface area contributed by atoms with Crippen LogP contribution in [0.3, 0.4) is 0 Å². The van der Waals surface area contributed by atoms with Crippen LogP contribution in [-0.2, 0) is 4.79 Å². The minimum absolute atomic E-state index is 0.0634. The SMILES string of the molecule is Cc1ccc(N2C(=O)C(O)=C(C(=O)c3sc(C)nc3C)C2c2ccncc2)cc1. The summed E-state index contributed by atoms with van der Waals surface area (Å²) in [6, 6.07) is 10.1. The third kappa shape index (κ3) is 3.23. The molecule has 4 rings (SSSR count). The van der Waals surface area contributed by atoms with E-state index in [-0.39, 0.29) is 11.4 Å². The van der Waals surface area contributed by atoms with Crippen molar-refractivity contribution in [1.29, 1.82) is 0 Å². The number of hydrogen-bond acceptors (Lipinski definition) is 6. The number of carbonyl (C=O) groups is 2. The van der Waals surface area contributed by atoms with E-state index in [0.29, 0.717) is 21.8 Å². The van der Waals surface area contributed by atoms with Crippen molar-refractivity contribution in [3.8, 4) is 0 Å². The second-order valence-electron chi connectivity index (χ2n) is 6.93. The summed E-state index contributed by atoms with van der Waals surface area (Å²) in [5.41, 5.74) is 3.00. The average molecular weight is 405 g/mol. The summed E-state index contributed by atoms with van der Waals surface area (Å²) in [5.74, 6) is -1.50. The number of ketones is 1. The lowest BCUT2D eigenvalue weighted by atomic mass is 9.95. The molecule has 2 aromatic heterocycles. The molecule has 1 aromatic carbocycles. The molecule has 1 unspecified atom stereocenters. The van der Waals surface area contributed by atoms with Crippen molar-refractivity contribution in [3.63, 3.8) is 0 Å². The topological polar surface area (TPSA) is 83.4 Å². The average Bonchev–Trinajstić information content (AvgIpc) is 3.19. The number of aliphatic hydroxyl groups excluding tert-OH is 1. The van der Waals surface area contributed by atoms with Crippen molar-refractivity contribution in [2.24, 2.45) is 0 Å². The fourth-order valence-corrected chi connectivity index (χ4v) is 4.41. The van der Waals surface area contributed by atoms with Gasteiger partial charge in [-0.3, -0.25) is 19.5 Å². The van der Waals surface area contributed by atoms with Crippen molar-refractivity contribution >= 4 is 28.7 Å². The summed E-state index contributed by atoms with van der Waals surface area (Å²) < 4.78 is 0. The Hall–Kier alpha value is -3.32. The lowest BCUT2D eigenvalue weighted by Crippen LogP contribution is -2.31. The van der Waals surface area contributed by atoms with Gasteiger partial charge in [0.2, 0.25) is 5.78 Å². The molecule has 0 saturated heterocycles. The molecule has 146 valence electrons. The molecule has 0 spiro atoms. The summed E-state index contributed by atoms with van der Waals surface area (Å²) >= 11 is 1.26. The molecule has 1 N–H and O–H groups in total. The number of benzene rings is 1. The smallest absolute Gasteiger partial charge is 0.294 e. The van der Waals surface area contributed by atoms with Crippen molar-refractivity contribution in [3.05, 3.63) is 86.8 Å². The van der Waals surface area contributed by atoms with Gasteiger partial charge < -0.3 is 5.11 Å². The van der Waals surface area contributed by atoms with Gasteiger partial charge in [0.1, 0.15) is 0 Å². The van der Waals surface area contributed by atoms with Crippen LogP contribution >= 0.6 is 11.3 Å². The third-order valence-electron chi connectivity index (χ3n) is 4.90. The summed E-state index contributed by atoms with van der Waals surface area (Å²) in [4.78, 5) is 36.7. The fraction of sp³-hybridized carbons (Fsp3) is 0.182. The standard InChI is InChI=1S/C22H19N3O3S/c1-12-4-6-16(7-5-12)25-18(15-8-10-23-11-9-15)17(20(27)22(25)28)19(26)21-13(2)24-14(3)29-21/h4-11,18,27H,1-3H3. The molecule has 7 heteroatoms. The highest BCUT2D eigenvalue weighted by Gasteiger charge is 2.45. The van der Waals surface area contributed by atoms with Crippen LogP contribution in [0.4, 0.5) is 5.69 Å². The van der Waals surface area contributed by atoms with Crippen molar-refractivity contribution < 1.29 is 14.7 Å². The van der Waals surface area contributed by atoms with Gasteiger partial charge in [-0.15, -0.1) is 11.3 Å². The van der Waals surface area contributed by atoms with Crippen molar-refractivity contribution in [2.45, 2.75) is 26.8 Å². The molecule has 29 heavy (non-hydrogen) atoms. The van der Waals surface area contributed by atoms with Crippen LogP contribution in [0, 0.1) is 20.8 Å². The number of carbonyl (C=O) groups excluding carboxylic acids is 2. The molecule has 0 saturated carbocycles. The van der Waals surface area contributed by atoms with Crippen LogP contribution in [0.25, 0.3) is 0 Å². The number of amides is 1. The predicted octanol–water partition coefficient (Wildman–Crippen LogP) is 4.25. The Kier molecular flexibility index (Phi) is 4.76. The maximum absolute atomic E-state index is 13.4. The molecule has 0 fully saturated rings. The predicted molar refractivity (Wildman–Crippen MR) is 111 cm³/mol. The first-order valence-corrected chi connectivity index (χ1v) is 9.92. The van der Waals surface area contributed by atoms with E-state index in [1.54, 1.807) is 31.5 Å². The number of aryl methyl sites for hydroxylation is 3. The van der Waals surface area contributed by atoms with E-state index < -0.39 is 17.7 Å². The molecule has 0 radical (unpaired) electrons. The molecular weight excluding hydrogens is 386 g/mol. The fourth-order valence-electron chi connectivity index (χ4n) is 3.53. The lowest BCUT2D eigenvalue weighted by molar-refractivity contribution is -0.117. The van der Waals surface area contributed by atoms with E-state index in [1.165, 1.54) is 16.2 Å². The van der Waals surface area contributed by atoms with Crippen LogP contribution in [0.5, 0.6) is 0 Å².